The summed E-state index contributed by atoms with van der Waals surface area (Å²) in [5, 5.41) is 16.8. The Morgan fingerprint density at radius 2 is 1.89 bits per heavy atom. The number of aliphatic hydroxyl groups excluding tert-OH is 1. The first-order chi connectivity index (χ1) is 3.98. The predicted molar refractivity (Wildman–Crippen MR) is 34.2 cm³/mol. The van der Waals surface area contributed by atoms with E-state index in [1.54, 1.807) is 6.92 Å². The lowest BCUT2D eigenvalue weighted by atomic mass is 10.1. The van der Waals surface area contributed by atoms with Crippen LogP contribution in [0, 0.1) is 0 Å². The summed E-state index contributed by atoms with van der Waals surface area (Å²) >= 11 is 0. The van der Waals surface area contributed by atoms with Gasteiger partial charge in [0, 0.05) is 6.42 Å². The Hall–Kier alpha value is -0.160. The molecule has 0 aliphatic carbocycles. The molecule has 0 aliphatic rings. The monoisotopic (exact) mass is 134 g/mol. The van der Waals surface area contributed by atoms with Gasteiger partial charge in [0.15, 0.2) is 6.29 Å². The Balaban J connectivity index is 3.58. The Morgan fingerprint density at radius 1 is 1.44 bits per heavy atom. The van der Waals surface area contributed by atoms with Crippen molar-refractivity contribution in [2.75, 3.05) is 0 Å². The van der Waals surface area contributed by atoms with Crippen LogP contribution in [-0.2, 0) is 0 Å². The lowest BCUT2D eigenvalue weighted by Gasteiger charge is -2.22. The molecule has 0 aliphatic heterocycles. The van der Waals surface area contributed by atoms with Crippen molar-refractivity contribution in [1.82, 2.24) is 0 Å². The lowest BCUT2D eigenvalue weighted by Crippen LogP contribution is -2.50. The normalized spacial score (nSPS) is 12.7. The fraction of sp³-hybridized carbons (Fsp3) is 1.00. The molecule has 0 bridgehead atoms. The van der Waals surface area contributed by atoms with Gasteiger partial charge in [0.05, 0.1) is 5.66 Å². The summed E-state index contributed by atoms with van der Waals surface area (Å²) in [7, 11) is 0. The molecule has 0 aromatic carbocycles. The van der Waals surface area contributed by atoms with Crippen LogP contribution in [0.5, 0.6) is 0 Å². The van der Waals surface area contributed by atoms with Gasteiger partial charge in [0.1, 0.15) is 0 Å². The molecule has 0 aromatic heterocycles. The van der Waals surface area contributed by atoms with Crippen molar-refractivity contribution in [3.05, 3.63) is 0 Å². The van der Waals surface area contributed by atoms with Gasteiger partial charge in [-0.25, -0.2) is 0 Å². The van der Waals surface area contributed by atoms with E-state index in [1.165, 1.54) is 0 Å². The highest BCUT2D eigenvalue weighted by Gasteiger charge is 2.18. The molecule has 0 fully saturated rings. The topological polar surface area (TPSA) is 92.5 Å². The van der Waals surface area contributed by atoms with Gasteiger partial charge in [-0.2, -0.15) is 0 Å². The molecule has 56 valence electrons. The average molecular weight is 134 g/mol. The van der Waals surface area contributed by atoms with Gasteiger partial charge in [-0.15, -0.1) is 0 Å². The Labute approximate surface area is 54.5 Å². The first kappa shape index (κ1) is 8.84. The third-order valence-corrected chi connectivity index (χ3v) is 1.22. The minimum Gasteiger partial charge on any atom is -0.368 e. The van der Waals surface area contributed by atoms with Gasteiger partial charge >= 0.3 is 0 Å². The minimum atomic E-state index is -1.40. The lowest BCUT2D eigenvalue weighted by molar-refractivity contribution is -0.0594. The molecule has 9 heavy (non-hydrogen) atoms. The van der Waals surface area contributed by atoms with E-state index in [-0.39, 0.29) is 6.42 Å². The molecule has 0 saturated heterocycles. The summed E-state index contributed by atoms with van der Waals surface area (Å²) in [5.41, 5.74) is 9.81. The van der Waals surface area contributed by atoms with Crippen molar-refractivity contribution in [3.8, 4) is 0 Å². The highest BCUT2D eigenvalue weighted by atomic mass is 16.5. The first-order valence-electron chi connectivity index (χ1n) is 2.92. The van der Waals surface area contributed by atoms with Crippen LogP contribution in [0.25, 0.3) is 0 Å². The summed E-state index contributed by atoms with van der Waals surface area (Å²) in [6.07, 6.45) is -0.853. The standard InChI is InChI=1S/C5H14N2O2/c1-2-5(6,7)3-4(8)9/h4,8-9H,2-3,6-7H2,1H3. The number of hydrogen-bond acceptors (Lipinski definition) is 4. The molecule has 6 N–H and O–H groups in total. The van der Waals surface area contributed by atoms with Gasteiger partial charge in [0.25, 0.3) is 0 Å². The maximum atomic E-state index is 8.41. The number of rotatable bonds is 3. The molecule has 4 heteroatoms. The third kappa shape index (κ3) is 4.35. The Morgan fingerprint density at radius 3 is 2.00 bits per heavy atom. The minimum absolute atomic E-state index is 0.0174. The summed E-state index contributed by atoms with van der Waals surface area (Å²) in [6.45, 7) is 1.79. The van der Waals surface area contributed by atoms with Crippen LogP contribution >= 0.6 is 0 Å². The maximum absolute atomic E-state index is 8.41. The SMILES string of the molecule is CCC(N)(N)CC(O)O. The van der Waals surface area contributed by atoms with Crippen molar-refractivity contribution in [2.45, 2.75) is 31.7 Å². The fourth-order valence-electron chi connectivity index (χ4n) is 0.484. The second-order valence-corrected chi connectivity index (χ2v) is 2.27. The van der Waals surface area contributed by atoms with Gasteiger partial charge in [-0.3, -0.25) is 0 Å². The molecule has 4 nitrogen and oxygen atoms in total. The summed E-state index contributed by atoms with van der Waals surface area (Å²) in [5.74, 6) is 0. The molecular formula is C5H14N2O2. The molecular weight excluding hydrogens is 120 g/mol. The molecule has 0 atom stereocenters. The van der Waals surface area contributed by atoms with E-state index in [9.17, 15) is 0 Å². The van der Waals surface area contributed by atoms with Crippen LogP contribution in [0.4, 0.5) is 0 Å². The molecule has 0 radical (unpaired) electrons. The highest BCUT2D eigenvalue weighted by molar-refractivity contribution is 4.74. The molecule has 0 unspecified atom stereocenters. The smallest absolute Gasteiger partial charge is 0.154 e. The van der Waals surface area contributed by atoms with Crippen molar-refractivity contribution in [2.24, 2.45) is 11.5 Å². The number of hydrogen-bond donors (Lipinski definition) is 4. The van der Waals surface area contributed by atoms with Crippen molar-refractivity contribution in [1.29, 1.82) is 0 Å². The zero-order valence-electron chi connectivity index (χ0n) is 5.54. The Bertz CT molecular complexity index is 83.0. The number of nitrogens with two attached hydrogens (primary N) is 2. The van der Waals surface area contributed by atoms with Crippen molar-refractivity contribution >= 4 is 0 Å². The fourth-order valence-corrected chi connectivity index (χ4v) is 0.484. The third-order valence-electron chi connectivity index (χ3n) is 1.22. The predicted octanol–water partition coefficient (Wildman–Crippen LogP) is -1.29. The van der Waals surface area contributed by atoms with Gasteiger partial charge in [-0.1, -0.05) is 6.92 Å². The molecule has 0 heterocycles. The van der Waals surface area contributed by atoms with Gasteiger partial charge in [-0.05, 0) is 6.42 Å². The van der Waals surface area contributed by atoms with Crippen LogP contribution in [-0.4, -0.2) is 22.2 Å². The van der Waals surface area contributed by atoms with E-state index in [0.717, 1.165) is 0 Å². The first-order valence-corrected chi connectivity index (χ1v) is 2.92. The summed E-state index contributed by atoms with van der Waals surface area (Å²) in [4.78, 5) is 0. The van der Waals surface area contributed by atoms with Crippen LogP contribution in [0.3, 0.4) is 0 Å². The molecule has 0 saturated carbocycles. The second kappa shape index (κ2) is 3.12. The summed E-state index contributed by atoms with van der Waals surface area (Å²) < 4.78 is 0. The quantitative estimate of drug-likeness (QED) is 0.361. The maximum Gasteiger partial charge on any atom is 0.154 e. The average Bonchev–Trinajstić information content (AvgIpc) is 1.63. The zero-order chi connectivity index (χ0) is 7.49. The van der Waals surface area contributed by atoms with E-state index < -0.39 is 12.0 Å². The van der Waals surface area contributed by atoms with Gasteiger partial charge < -0.3 is 21.7 Å². The van der Waals surface area contributed by atoms with Crippen molar-refractivity contribution < 1.29 is 10.2 Å². The molecule has 0 rings (SSSR count). The largest absolute Gasteiger partial charge is 0.368 e. The number of aliphatic hydroxyl groups is 2. The summed E-state index contributed by atoms with van der Waals surface area (Å²) in [6, 6.07) is 0. The van der Waals surface area contributed by atoms with E-state index in [4.69, 9.17) is 21.7 Å². The van der Waals surface area contributed by atoms with E-state index >= 15 is 0 Å². The van der Waals surface area contributed by atoms with Crippen molar-refractivity contribution in [3.63, 3.8) is 0 Å². The molecule has 0 spiro atoms. The Kier molecular flexibility index (Phi) is 3.07. The van der Waals surface area contributed by atoms with E-state index in [0.29, 0.717) is 6.42 Å². The van der Waals surface area contributed by atoms with Crippen LogP contribution in [0.15, 0.2) is 0 Å². The molecule has 0 aromatic rings. The van der Waals surface area contributed by atoms with Crippen LogP contribution < -0.4 is 11.5 Å². The van der Waals surface area contributed by atoms with Gasteiger partial charge in [0.2, 0.25) is 0 Å². The molecule has 0 amide bonds. The van der Waals surface area contributed by atoms with E-state index in [1.807, 2.05) is 0 Å². The zero-order valence-corrected chi connectivity index (χ0v) is 5.54. The second-order valence-electron chi connectivity index (χ2n) is 2.27. The van der Waals surface area contributed by atoms with Crippen LogP contribution in [0.1, 0.15) is 19.8 Å². The van der Waals surface area contributed by atoms with Crippen LogP contribution in [0.2, 0.25) is 0 Å². The van der Waals surface area contributed by atoms with E-state index in [2.05, 4.69) is 0 Å². The highest BCUT2D eigenvalue weighted by Crippen LogP contribution is 2.04.